The van der Waals surface area contributed by atoms with Gasteiger partial charge in [-0.3, -0.25) is 4.99 Å². The molecule has 1 unspecified atom stereocenters. The molecule has 2 nitrogen and oxygen atoms in total. The normalized spacial score (nSPS) is 17.4. The minimum Gasteiger partial charge on any atom is -0.381 e. The third kappa shape index (κ3) is 5.37. The number of hydrogen-bond acceptors (Lipinski definition) is 2. The van der Waals surface area contributed by atoms with E-state index in [1.165, 1.54) is 16.9 Å². The Bertz CT molecular complexity index is 490. The van der Waals surface area contributed by atoms with Crippen molar-refractivity contribution < 1.29 is 0 Å². The van der Waals surface area contributed by atoms with Gasteiger partial charge in [0.15, 0.2) is 0 Å². The van der Waals surface area contributed by atoms with Crippen molar-refractivity contribution in [2.24, 2.45) is 10.9 Å². The topological polar surface area (TPSA) is 24.4 Å². The minimum absolute atomic E-state index is 0.467. The molecule has 1 atom stereocenters. The Morgan fingerprint density at radius 1 is 1.38 bits per heavy atom. The number of nitrogens with one attached hydrogen (secondary N) is 1. The predicted molar refractivity (Wildman–Crippen MR) is 94.5 cm³/mol. The van der Waals surface area contributed by atoms with Gasteiger partial charge in [0.1, 0.15) is 0 Å². The highest BCUT2D eigenvalue weighted by atomic mass is 14.9. The SMILES string of the molecule is C=C(NCC1=CC=CC1)/C(=C(\C)N=C(C)CC)C(C)CC. The van der Waals surface area contributed by atoms with Gasteiger partial charge in [-0.1, -0.05) is 45.6 Å². The molecule has 0 amide bonds. The van der Waals surface area contributed by atoms with E-state index >= 15 is 0 Å². The second-order valence-corrected chi connectivity index (χ2v) is 5.80. The van der Waals surface area contributed by atoms with Gasteiger partial charge < -0.3 is 5.32 Å². The molecule has 21 heavy (non-hydrogen) atoms. The molecule has 0 aliphatic heterocycles. The first-order valence-corrected chi connectivity index (χ1v) is 8.02. The van der Waals surface area contributed by atoms with Crippen LogP contribution in [0.3, 0.4) is 0 Å². The second kappa shape index (κ2) is 8.66. The Morgan fingerprint density at radius 3 is 2.62 bits per heavy atom. The molecule has 0 aromatic rings. The fourth-order valence-electron chi connectivity index (χ4n) is 2.44. The number of allylic oxidation sites excluding steroid dienone is 5. The van der Waals surface area contributed by atoms with Crippen LogP contribution in [0, 0.1) is 5.92 Å². The molecular weight excluding hydrogens is 256 g/mol. The van der Waals surface area contributed by atoms with Crippen LogP contribution >= 0.6 is 0 Å². The molecule has 0 aromatic carbocycles. The Labute approximate surface area is 130 Å². The van der Waals surface area contributed by atoms with Crippen LogP contribution in [0.5, 0.6) is 0 Å². The standard InChI is InChI=1S/C19H30N2/c1-7-14(3)19(17(6)21-15(4)8-2)16(5)20-13-18-11-9-10-12-18/h9-11,14,20H,5,7-8,12-13H2,1-4,6H3/b19-17+,21-15?. The van der Waals surface area contributed by atoms with E-state index in [9.17, 15) is 0 Å². The predicted octanol–water partition coefficient (Wildman–Crippen LogP) is 5.17. The van der Waals surface area contributed by atoms with Gasteiger partial charge >= 0.3 is 0 Å². The van der Waals surface area contributed by atoms with Gasteiger partial charge in [-0.05, 0) is 50.2 Å². The molecule has 0 saturated heterocycles. The Hall–Kier alpha value is -1.57. The quantitative estimate of drug-likeness (QED) is 0.483. The average Bonchev–Trinajstić information content (AvgIpc) is 2.98. The molecule has 2 heteroatoms. The van der Waals surface area contributed by atoms with Crippen LogP contribution in [0.25, 0.3) is 0 Å². The monoisotopic (exact) mass is 286 g/mol. The fourth-order valence-corrected chi connectivity index (χ4v) is 2.44. The summed E-state index contributed by atoms with van der Waals surface area (Å²) >= 11 is 0. The second-order valence-electron chi connectivity index (χ2n) is 5.80. The number of nitrogens with zero attached hydrogens (tertiary/aromatic N) is 1. The van der Waals surface area contributed by atoms with Gasteiger partial charge in [0.25, 0.3) is 0 Å². The molecule has 0 saturated carbocycles. The van der Waals surface area contributed by atoms with Gasteiger partial charge in [0.2, 0.25) is 0 Å². The largest absolute Gasteiger partial charge is 0.381 e. The van der Waals surface area contributed by atoms with Crippen molar-refractivity contribution in [3.05, 3.63) is 47.3 Å². The van der Waals surface area contributed by atoms with Crippen LogP contribution in [0.2, 0.25) is 0 Å². The molecule has 1 aliphatic rings. The van der Waals surface area contributed by atoms with Crippen molar-refractivity contribution in [3.63, 3.8) is 0 Å². The summed E-state index contributed by atoms with van der Waals surface area (Å²) in [7, 11) is 0. The van der Waals surface area contributed by atoms with E-state index < -0.39 is 0 Å². The maximum absolute atomic E-state index is 4.73. The van der Waals surface area contributed by atoms with Gasteiger partial charge in [-0.15, -0.1) is 0 Å². The van der Waals surface area contributed by atoms with E-state index in [-0.39, 0.29) is 0 Å². The van der Waals surface area contributed by atoms with Crippen LogP contribution in [-0.2, 0) is 0 Å². The zero-order valence-electron chi connectivity index (χ0n) is 14.3. The number of aliphatic imine (C=N–C) groups is 1. The zero-order chi connectivity index (χ0) is 15.8. The van der Waals surface area contributed by atoms with Crippen molar-refractivity contribution in [1.82, 2.24) is 5.32 Å². The van der Waals surface area contributed by atoms with Crippen molar-refractivity contribution in [3.8, 4) is 0 Å². The van der Waals surface area contributed by atoms with E-state index in [2.05, 4.69) is 64.7 Å². The molecule has 1 N–H and O–H groups in total. The summed E-state index contributed by atoms with van der Waals surface area (Å²) in [6, 6.07) is 0. The first-order chi connectivity index (χ1) is 9.99. The molecule has 0 radical (unpaired) electrons. The smallest absolute Gasteiger partial charge is 0.0426 e. The molecule has 0 aromatic heterocycles. The summed E-state index contributed by atoms with van der Waals surface area (Å²) in [5.74, 6) is 0.467. The summed E-state index contributed by atoms with van der Waals surface area (Å²) < 4.78 is 0. The van der Waals surface area contributed by atoms with E-state index in [0.29, 0.717) is 5.92 Å². The molecule has 0 bridgehead atoms. The van der Waals surface area contributed by atoms with Crippen LogP contribution in [0.15, 0.2) is 52.3 Å². The number of hydrogen-bond donors (Lipinski definition) is 1. The molecule has 116 valence electrons. The molecule has 0 spiro atoms. The van der Waals surface area contributed by atoms with Gasteiger partial charge in [-0.2, -0.15) is 0 Å². The van der Waals surface area contributed by atoms with E-state index in [4.69, 9.17) is 4.99 Å². The molecule has 1 aliphatic carbocycles. The summed E-state index contributed by atoms with van der Waals surface area (Å²) in [5, 5.41) is 3.48. The Morgan fingerprint density at radius 2 is 2.10 bits per heavy atom. The van der Waals surface area contributed by atoms with E-state index in [1.807, 2.05) is 0 Å². The van der Waals surface area contributed by atoms with Crippen LogP contribution in [0.4, 0.5) is 0 Å². The summed E-state index contributed by atoms with van der Waals surface area (Å²) in [4.78, 5) is 4.73. The Balaban J connectivity index is 2.86. The van der Waals surface area contributed by atoms with Gasteiger partial charge in [0.05, 0.1) is 0 Å². The molecular formula is C19H30N2. The average molecular weight is 286 g/mol. The minimum atomic E-state index is 0.467. The third-order valence-electron chi connectivity index (χ3n) is 4.07. The fraction of sp³-hybridized carbons (Fsp3) is 0.526. The van der Waals surface area contributed by atoms with Crippen molar-refractivity contribution in [2.45, 2.75) is 53.9 Å². The first-order valence-electron chi connectivity index (χ1n) is 8.02. The number of rotatable bonds is 8. The lowest BCUT2D eigenvalue weighted by Crippen LogP contribution is -2.20. The van der Waals surface area contributed by atoms with Crippen LogP contribution < -0.4 is 5.32 Å². The highest BCUT2D eigenvalue weighted by Gasteiger charge is 2.14. The van der Waals surface area contributed by atoms with E-state index in [1.54, 1.807) is 0 Å². The lowest BCUT2D eigenvalue weighted by atomic mass is 9.94. The maximum atomic E-state index is 4.73. The maximum Gasteiger partial charge on any atom is 0.0426 e. The van der Waals surface area contributed by atoms with Crippen LogP contribution in [-0.4, -0.2) is 12.3 Å². The lowest BCUT2D eigenvalue weighted by Gasteiger charge is -2.20. The molecule has 0 fully saturated rings. The highest BCUT2D eigenvalue weighted by molar-refractivity contribution is 5.82. The summed E-state index contributed by atoms with van der Waals surface area (Å²) in [5.41, 5.74) is 5.95. The zero-order valence-corrected chi connectivity index (χ0v) is 14.3. The molecule has 0 heterocycles. The highest BCUT2D eigenvalue weighted by Crippen LogP contribution is 2.25. The Kier molecular flexibility index (Phi) is 7.21. The summed E-state index contributed by atoms with van der Waals surface area (Å²) in [6.07, 6.45) is 9.62. The molecule has 1 rings (SSSR count). The van der Waals surface area contributed by atoms with Crippen LogP contribution in [0.1, 0.15) is 53.9 Å². The van der Waals surface area contributed by atoms with Gasteiger partial charge in [0, 0.05) is 23.7 Å². The first kappa shape index (κ1) is 17.5. The third-order valence-corrected chi connectivity index (χ3v) is 4.07. The van der Waals surface area contributed by atoms with E-state index in [0.717, 1.165) is 37.2 Å². The lowest BCUT2D eigenvalue weighted by molar-refractivity contribution is 0.638. The van der Waals surface area contributed by atoms with Crippen molar-refractivity contribution in [1.29, 1.82) is 0 Å². The van der Waals surface area contributed by atoms with Crippen molar-refractivity contribution in [2.75, 3.05) is 6.54 Å². The van der Waals surface area contributed by atoms with Gasteiger partial charge in [-0.25, -0.2) is 0 Å². The summed E-state index contributed by atoms with van der Waals surface area (Å²) in [6.45, 7) is 15.9. The van der Waals surface area contributed by atoms with Crippen molar-refractivity contribution >= 4 is 5.71 Å².